The second-order valence-electron chi connectivity index (χ2n) is 3.17. The molecule has 5 nitrogen and oxygen atoms in total. The Labute approximate surface area is 92.3 Å². The van der Waals surface area contributed by atoms with Crippen LogP contribution >= 0.6 is 0 Å². The number of carbonyl (C=O) groups excluding carboxylic acids is 1. The van der Waals surface area contributed by atoms with Gasteiger partial charge in [-0.15, -0.1) is 0 Å². The molecule has 5 heteroatoms. The Hall–Kier alpha value is -2.43. The van der Waals surface area contributed by atoms with Crippen molar-refractivity contribution in [2.75, 3.05) is 11.1 Å². The van der Waals surface area contributed by atoms with Crippen molar-refractivity contribution in [2.24, 2.45) is 0 Å². The Morgan fingerprint density at radius 1 is 1.25 bits per heavy atom. The first-order chi connectivity index (χ1) is 7.75. The van der Waals surface area contributed by atoms with E-state index in [-0.39, 0.29) is 5.91 Å². The minimum Gasteiger partial charge on any atom is -0.384 e. The van der Waals surface area contributed by atoms with Crippen LogP contribution in [-0.4, -0.2) is 15.9 Å². The van der Waals surface area contributed by atoms with Gasteiger partial charge in [0.05, 0.1) is 17.4 Å². The van der Waals surface area contributed by atoms with Crippen LogP contribution in [0.25, 0.3) is 0 Å². The van der Waals surface area contributed by atoms with Crippen LogP contribution in [-0.2, 0) is 0 Å². The minimum absolute atomic E-state index is 0.236. The summed E-state index contributed by atoms with van der Waals surface area (Å²) in [5, 5.41) is 2.70. The minimum atomic E-state index is -0.236. The summed E-state index contributed by atoms with van der Waals surface area (Å²) in [5.41, 5.74) is 6.53. The second kappa shape index (κ2) is 4.39. The molecule has 2 rings (SSSR count). The highest BCUT2D eigenvalue weighted by molar-refractivity contribution is 6.04. The number of hydrogen-bond donors (Lipinski definition) is 2. The van der Waals surface area contributed by atoms with Crippen LogP contribution in [0.5, 0.6) is 0 Å². The highest BCUT2D eigenvalue weighted by Gasteiger charge is 2.05. The standard InChI is InChI=1S/C11H10N4O/c12-10-4-3-8(6-14-10)11(16)15-9-2-1-5-13-7-9/h1-7H,(H2,12,14)(H,15,16). The summed E-state index contributed by atoms with van der Waals surface area (Å²) in [6, 6.07) is 6.71. The maximum Gasteiger partial charge on any atom is 0.257 e. The molecule has 0 bridgehead atoms. The van der Waals surface area contributed by atoms with Gasteiger partial charge in [-0.05, 0) is 24.3 Å². The van der Waals surface area contributed by atoms with Gasteiger partial charge in [0.2, 0.25) is 0 Å². The number of anilines is 2. The predicted octanol–water partition coefficient (Wildman–Crippen LogP) is 1.31. The molecule has 2 aromatic heterocycles. The van der Waals surface area contributed by atoms with Crippen LogP contribution in [0.2, 0.25) is 0 Å². The largest absolute Gasteiger partial charge is 0.384 e. The lowest BCUT2D eigenvalue weighted by Gasteiger charge is -2.03. The summed E-state index contributed by atoms with van der Waals surface area (Å²) in [6.07, 6.45) is 4.64. The zero-order chi connectivity index (χ0) is 11.4. The maximum absolute atomic E-state index is 11.7. The molecule has 3 N–H and O–H groups in total. The van der Waals surface area contributed by atoms with Crippen molar-refractivity contribution < 1.29 is 4.79 Å². The highest BCUT2D eigenvalue weighted by atomic mass is 16.1. The van der Waals surface area contributed by atoms with Crippen LogP contribution in [0.1, 0.15) is 10.4 Å². The monoisotopic (exact) mass is 214 g/mol. The van der Waals surface area contributed by atoms with Gasteiger partial charge in [0.25, 0.3) is 5.91 Å². The van der Waals surface area contributed by atoms with E-state index in [0.717, 1.165) is 0 Å². The van der Waals surface area contributed by atoms with Gasteiger partial charge in [-0.1, -0.05) is 0 Å². The van der Waals surface area contributed by atoms with Gasteiger partial charge in [-0.3, -0.25) is 9.78 Å². The van der Waals surface area contributed by atoms with E-state index >= 15 is 0 Å². The van der Waals surface area contributed by atoms with Crippen LogP contribution in [0, 0.1) is 0 Å². The zero-order valence-electron chi connectivity index (χ0n) is 8.42. The maximum atomic E-state index is 11.7. The molecule has 0 aliphatic carbocycles. The molecule has 0 saturated heterocycles. The Kier molecular flexibility index (Phi) is 2.77. The van der Waals surface area contributed by atoms with Gasteiger partial charge in [0.15, 0.2) is 0 Å². The number of nitrogens with two attached hydrogens (primary N) is 1. The molecule has 80 valence electrons. The van der Waals surface area contributed by atoms with Crippen LogP contribution in [0.3, 0.4) is 0 Å². The van der Waals surface area contributed by atoms with Crippen molar-refractivity contribution >= 4 is 17.4 Å². The van der Waals surface area contributed by atoms with Crippen molar-refractivity contribution in [1.82, 2.24) is 9.97 Å². The smallest absolute Gasteiger partial charge is 0.257 e. The molecule has 0 fully saturated rings. The lowest BCUT2D eigenvalue weighted by Crippen LogP contribution is -2.12. The van der Waals surface area contributed by atoms with E-state index < -0.39 is 0 Å². The highest BCUT2D eigenvalue weighted by Crippen LogP contribution is 2.07. The van der Waals surface area contributed by atoms with E-state index in [1.165, 1.54) is 6.20 Å². The zero-order valence-corrected chi connectivity index (χ0v) is 8.42. The number of amides is 1. The SMILES string of the molecule is Nc1ccc(C(=O)Nc2cccnc2)cn1. The van der Waals surface area contributed by atoms with Gasteiger partial charge >= 0.3 is 0 Å². The first-order valence-electron chi connectivity index (χ1n) is 4.68. The molecular formula is C11H10N4O. The Morgan fingerprint density at radius 2 is 2.12 bits per heavy atom. The summed E-state index contributed by atoms with van der Waals surface area (Å²) in [6.45, 7) is 0. The average molecular weight is 214 g/mol. The molecule has 0 radical (unpaired) electrons. The Morgan fingerprint density at radius 3 is 2.75 bits per heavy atom. The predicted molar refractivity (Wildman–Crippen MR) is 60.8 cm³/mol. The van der Waals surface area contributed by atoms with Crippen molar-refractivity contribution in [3.63, 3.8) is 0 Å². The Balaban J connectivity index is 2.12. The number of nitrogens with one attached hydrogen (secondary N) is 1. The third-order valence-corrected chi connectivity index (χ3v) is 1.97. The summed E-state index contributed by atoms with van der Waals surface area (Å²) in [4.78, 5) is 19.4. The lowest BCUT2D eigenvalue weighted by molar-refractivity contribution is 0.102. The first kappa shape index (κ1) is 10.1. The van der Waals surface area contributed by atoms with Crippen LogP contribution in [0.4, 0.5) is 11.5 Å². The van der Waals surface area contributed by atoms with E-state index in [2.05, 4.69) is 15.3 Å². The molecule has 1 amide bonds. The number of carbonyl (C=O) groups is 1. The molecule has 0 saturated carbocycles. The van der Waals surface area contributed by atoms with Gasteiger partial charge in [-0.25, -0.2) is 4.98 Å². The first-order valence-corrected chi connectivity index (χ1v) is 4.68. The van der Waals surface area contributed by atoms with Crippen molar-refractivity contribution in [2.45, 2.75) is 0 Å². The summed E-state index contributed by atoms with van der Waals surface area (Å²) >= 11 is 0. The Bertz CT molecular complexity index is 481. The molecule has 0 atom stereocenters. The molecular weight excluding hydrogens is 204 g/mol. The quantitative estimate of drug-likeness (QED) is 0.789. The van der Waals surface area contributed by atoms with E-state index in [1.54, 1.807) is 36.7 Å². The van der Waals surface area contributed by atoms with Crippen molar-refractivity contribution in [1.29, 1.82) is 0 Å². The average Bonchev–Trinajstić information content (AvgIpc) is 2.31. The normalized spacial score (nSPS) is 9.75. The molecule has 0 aromatic carbocycles. The number of pyridine rings is 2. The molecule has 2 aromatic rings. The van der Waals surface area contributed by atoms with Gasteiger partial charge < -0.3 is 11.1 Å². The van der Waals surface area contributed by atoms with Crippen molar-refractivity contribution in [3.05, 3.63) is 48.4 Å². The summed E-state index contributed by atoms with van der Waals surface area (Å²) < 4.78 is 0. The number of hydrogen-bond acceptors (Lipinski definition) is 4. The number of rotatable bonds is 2. The number of nitrogen functional groups attached to an aromatic ring is 1. The summed E-state index contributed by atoms with van der Waals surface area (Å²) in [5.74, 6) is 0.151. The fourth-order valence-corrected chi connectivity index (χ4v) is 1.18. The third-order valence-electron chi connectivity index (χ3n) is 1.97. The molecule has 0 aliphatic heterocycles. The second-order valence-corrected chi connectivity index (χ2v) is 3.17. The topological polar surface area (TPSA) is 80.9 Å². The van der Waals surface area contributed by atoms with Gasteiger partial charge in [-0.2, -0.15) is 0 Å². The van der Waals surface area contributed by atoms with Crippen LogP contribution < -0.4 is 11.1 Å². The van der Waals surface area contributed by atoms with Crippen LogP contribution in [0.15, 0.2) is 42.9 Å². The van der Waals surface area contributed by atoms with E-state index in [1.807, 2.05) is 0 Å². The molecule has 0 unspecified atom stereocenters. The fourth-order valence-electron chi connectivity index (χ4n) is 1.18. The molecule has 0 spiro atoms. The van der Waals surface area contributed by atoms with E-state index in [9.17, 15) is 4.79 Å². The van der Waals surface area contributed by atoms with Gasteiger partial charge in [0, 0.05) is 12.4 Å². The molecule has 0 aliphatic rings. The van der Waals surface area contributed by atoms with Gasteiger partial charge in [0.1, 0.15) is 5.82 Å². The van der Waals surface area contributed by atoms with E-state index in [4.69, 9.17) is 5.73 Å². The molecule has 16 heavy (non-hydrogen) atoms. The van der Waals surface area contributed by atoms with E-state index in [0.29, 0.717) is 17.1 Å². The summed E-state index contributed by atoms with van der Waals surface area (Å²) in [7, 11) is 0. The number of aromatic nitrogens is 2. The molecule has 2 heterocycles. The number of nitrogens with zero attached hydrogens (tertiary/aromatic N) is 2. The fraction of sp³-hybridized carbons (Fsp3) is 0. The van der Waals surface area contributed by atoms with Crippen molar-refractivity contribution in [3.8, 4) is 0 Å². The lowest BCUT2D eigenvalue weighted by atomic mass is 10.2. The third kappa shape index (κ3) is 2.33.